The zero-order valence-corrected chi connectivity index (χ0v) is 13.0. The normalized spacial score (nSPS) is 20.3. The van der Waals surface area contributed by atoms with E-state index in [0.29, 0.717) is 6.42 Å². The van der Waals surface area contributed by atoms with Crippen LogP contribution in [0.3, 0.4) is 0 Å². The van der Waals surface area contributed by atoms with Crippen molar-refractivity contribution in [1.29, 1.82) is 0 Å². The van der Waals surface area contributed by atoms with Gasteiger partial charge in [0, 0.05) is 18.0 Å². The second kappa shape index (κ2) is 7.70. The van der Waals surface area contributed by atoms with Gasteiger partial charge in [0.25, 0.3) is 0 Å². The Kier molecular flexibility index (Phi) is 7.37. The topological polar surface area (TPSA) is 70.2 Å². The Balaban J connectivity index is 0.00000324. The Hall–Kier alpha value is -0.810. The number of halogens is 1. The van der Waals surface area contributed by atoms with Gasteiger partial charge in [-0.05, 0) is 47.1 Å². The molecule has 0 spiro atoms. The Morgan fingerprint density at radius 3 is 2.47 bits per heavy atom. The monoisotopic (exact) mass is 291 g/mol. The standard InChI is InChI=1S/C13H25N3O2.ClH/c1-9(12(18)16-13(2,3)4)15-11(17)8-10-6-5-7-14-10;/h9-10,14H,5-8H2,1-4H3,(H,15,17)(H,16,18);1H. The molecule has 0 bridgehead atoms. The minimum atomic E-state index is -0.488. The van der Waals surface area contributed by atoms with Gasteiger partial charge in [0.2, 0.25) is 11.8 Å². The fraction of sp³-hybridized carbons (Fsp3) is 0.846. The number of rotatable bonds is 4. The van der Waals surface area contributed by atoms with Crippen molar-refractivity contribution in [2.24, 2.45) is 0 Å². The van der Waals surface area contributed by atoms with E-state index >= 15 is 0 Å². The van der Waals surface area contributed by atoms with Crippen LogP contribution in [0, 0.1) is 0 Å². The van der Waals surface area contributed by atoms with Crippen LogP contribution in [0.4, 0.5) is 0 Å². The molecule has 0 aromatic carbocycles. The van der Waals surface area contributed by atoms with Crippen molar-refractivity contribution in [3.05, 3.63) is 0 Å². The van der Waals surface area contributed by atoms with Crippen LogP contribution in [-0.4, -0.2) is 36.0 Å². The predicted molar refractivity (Wildman–Crippen MR) is 78.4 cm³/mol. The van der Waals surface area contributed by atoms with E-state index < -0.39 is 6.04 Å². The van der Waals surface area contributed by atoms with E-state index in [0.717, 1.165) is 19.4 Å². The summed E-state index contributed by atoms with van der Waals surface area (Å²) in [5.41, 5.74) is -0.275. The molecule has 1 heterocycles. The predicted octanol–water partition coefficient (Wildman–Crippen LogP) is 0.970. The molecule has 1 fully saturated rings. The van der Waals surface area contributed by atoms with Gasteiger partial charge in [-0.1, -0.05) is 0 Å². The molecule has 0 radical (unpaired) electrons. The van der Waals surface area contributed by atoms with Gasteiger partial charge in [-0.3, -0.25) is 9.59 Å². The van der Waals surface area contributed by atoms with Crippen molar-refractivity contribution >= 4 is 24.2 Å². The van der Waals surface area contributed by atoms with Gasteiger partial charge in [0.1, 0.15) is 6.04 Å². The molecule has 1 saturated heterocycles. The lowest BCUT2D eigenvalue weighted by Crippen LogP contribution is -2.51. The van der Waals surface area contributed by atoms with Crippen LogP contribution < -0.4 is 16.0 Å². The molecule has 112 valence electrons. The van der Waals surface area contributed by atoms with Crippen molar-refractivity contribution in [2.75, 3.05) is 6.54 Å². The summed E-state index contributed by atoms with van der Waals surface area (Å²) in [6, 6.07) is -0.221. The molecule has 5 nitrogen and oxygen atoms in total. The van der Waals surface area contributed by atoms with Crippen LogP contribution in [-0.2, 0) is 9.59 Å². The third-order valence-corrected chi connectivity index (χ3v) is 2.86. The first-order chi connectivity index (χ1) is 8.28. The molecule has 1 aliphatic rings. The summed E-state index contributed by atoms with van der Waals surface area (Å²) in [7, 11) is 0. The summed E-state index contributed by atoms with van der Waals surface area (Å²) >= 11 is 0. The van der Waals surface area contributed by atoms with E-state index in [4.69, 9.17) is 0 Å². The van der Waals surface area contributed by atoms with Gasteiger partial charge in [-0.15, -0.1) is 12.4 Å². The third kappa shape index (κ3) is 7.38. The second-order valence-electron chi connectivity index (χ2n) is 6.03. The first-order valence-electron chi connectivity index (χ1n) is 6.63. The van der Waals surface area contributed by atoms with Crippen LogP contribution in [0.1, 0.15) is 47.0 Å². The highest BCUT2D eigenvalue weighted by Crippen LogP contribution is 2.08. The average Bonchev–Trinajstić information content (AvgIpc) is 2.67. The maximum absolute atomic E-state index is 11.8. The van der Waals surface area contributed by atoms with E-state index in [1.165, 1.54) is 0 Å². The molecule has 1 rings (SSSR count). The average molecular weight is 292 g/mol. The van der Waals surface area contributed by atoms with Gasteiger partial charge in [0.15, 0.2) is 0 Å². The zero-order chi connectivity index (χ0) is 13.8. The van der Waals surface area contributed by atoms with Gasteiger partial charge in [0.05, 0.1) is 0 Å². The largest absolute Gasteiger partial charge is 0.350 e. The summed E-state index contributed by atoms with van der Waals surface area (Å²) < 4.78 is 0. The minimum absolute atomic E-state index is 0. The highest BCUT2D eigenvalue weighted by atomic mass is 35.5. The smallest absolute Gasteiger partial charge is 0.242 e. The summed E-state index contributed by atoms with van der Waals surface area (Å²) in [5, 5.41) is 8.85. The molecule has 2 unspecified atom stereocenters. The Labute approximate surface area is 121 Å². The molecule has 1 aliphatic heterocycles. The van der Waals surface area contributed by atoms with Crippen LogP contribution in [0.5, 0.6) is 0 Å². The van der Waals surface area contributed by atoms with Crippen LogP contribution in [0.25, 0.3) is 0 Å². The number of carbonyl (C=O) groups excluding carboxylic acids is 2. The van der Waals surface area contributed by atoms with Crippen molar-refractivity contribution in [3.8, 4) is 0 Å². The van der Waals surface area contributed by atoms with E-state index in [1.807, 2.05) is 20.8 Å². The van der Waals surface area contributed by atoms with Crippen molar-refractivity contribution < 1.29 is 9.59 Å². The first-order valence-corrected chi connectivity index (χ1v) is 6.63. The van der Waals surface area contributed by atoms with E-state index in [2.05, 4.69) is 16.0 Å². The van der Waals surface area contributed by atoms with Gasteiger partial charge in [-0.25, -0.2) is 0 Å². The zero-order valence-electron chi connectivity index (χ0n) is 12.2. The summed E-state index contributed by atoms with van der Waals surface area (Å²) in [5.74, 6) is -0.207. The Morgan fingerprint density at radius 2 is 2.00 bits per heavy atom. The molecular weight excluding hydrogens is 266 g/mol. The highest BCUT2D eigenvalue weighted by molar-refractivity contribution is 5.87. The van der Waals surface area contributed by atoms with E-state index in [1.54, 1.807) is 6.92 Å². The van der Waals surface area contributed by atoms with Crippen LogP contribution >= 0.6 is 12.4 Å². The number of nitrogens with one attached hydrogen (secondary N) is 3. The summed E-state index contributed by atoms with van der Waals surface area (Å²) in [6.07, 6.45) is 2.61. The fourth-order valence-corrected chi connectivity index (χ4v) is 2.00. The maximum Gasteiger partial charge on any atom is 0.242 e. The van der Waals surface area contributed by atoms with E-state index in [-0.39, 0.29) is 35.8 Å². The Bertz CT molecular complexity index is 310. The van der Waals surface area contributed by atoms with Crippen molar-refractivity contribution in [3.63, 3.8) is 0 Å². The van der Waals surface area contributed by atoms with Gasteiger partial charge in [-0.2, -0.15) is 0 Å². The molecule has 6 heteroatoms. The third-order valence-electron chi connectivity index (χ3n) is 2.86. The SMILES string of the molecule is CC(NC(=O)CC1CCCN1)C(=O)NC(C)(C)C.Cl. The highest BCUT2D eigenvalue weighted by Gasteiger charge is 2.23. The van der Waals surface area contributed by atoms with Gasteiger partial charge < -0.3 is 16.0 Å². The molecule has 19 heavy (non-hydrogen) atoms. The molecule has 0 aromatic heterocycles. The van der Waals surface area contributed by atoms with E-state index in [9.17, 15) is 9.59 Å². The summed E-state index contributed by atoms with van der Waals surface area (Å²) in [6.45, 7) is 8.45. The fourth-order valence-electron chi connectivity index (χ4n) is 2.00. The minimum Gasteiger partial charge on any atom is -0.350 e. The molecule has 0 saturated carbocycles. The van der Waals surface area contributed by atoms with Crippen molar-refractivity contribution in [1.82, 2.24) is 16.0 Å². The number of amides is 2. The summed E-state index contributed by atoms with van der Waals surface area (Å²) in [4.78, 5) is 23.5. The van der Waals surface area contributed by atoms with Crippen LogP contribution in [0.15, 0.2) is 0 Å². The van der Waals surface area contributed by atoms with Crippen LogP contribution in [0.2, 0.25) is 0 Å². The molecule has 0 aromatic rings. The van der Waals surface area contributed by atoms with Crippen molar-refractivity contribution in [2.45, 2.75) is 64.6 Å². The lowest BCUT2D eigenvalue weighted by Gasteiger charge is -2.24. The lowest BCUT2D eigenvalue weighted by molar-refractivity contribution is -0.129. The number of carbonyl (C=O) groups is 2. The molecular formula is C13H26ClN3O2. The number of hydrogen-bond donors (Lipinski definition) is 3. The molecule has 2 amide bonds. The second-order valence-corrected chi connectivity index (χ2v) is 6.03. The first kappa shape index (κ1) is 18.2. The molecule has 2 atom stereocenters. The number of hydrogen-bond acceptors (Lipinski definition) is 3. The lowest BCUT2D eigenvalue weighted by atomic mass is 10.1. The van der Waals surface area contributed by atoms with Gasteiger partial charge >= 0.3 is 0 Å². The quantitative estimate of drug-likeness (QED) is 0.723. The molecule has 3 N–H and O–H groups in total. The maximum atomic E-state index is 11.8. The molecule has 0 aliphatic carbocycles. The Morgan fingerprint density at radius 1 is 1.37 bits per heavy atom.